The van der Waals surface area contributed by atoms with Gasteiger partial charge in [-0.05, 0) is 56.0 Å². The highest BCUT2D eigenvalue weighted by Crippen LogP contribution is 2.34. The first kappa shape index (κ1) is 14.4. The molecule has 0 spiro atoms. The molecule has 0 saturated carbocycles. The molecular formula is C57H39N5Si. The van der Waals surface area contributed by atoms with Crippen molar-refractivity contribution in [3.8, 4) is 34.4 Å². The first-order valence-corrected chi connectivity index (χ1v) is 20.2. The number of hydrogen-bond acceptors (Lipinski definition) is 3. The minimum absolute atomic E-state index is 0.595. The standard InChI is InChI=1S/C57H39N5Si/c1-4-20-40(21-5-1)41-22-18-28-45(38-41)63(43-24-6-2-7-25-43,44-26-8-3-9-27-44)46-29-19-23-42(39-46)55-58-56(61-51-34-14-10-30-47(51)48-31-11-15-35-52(48)61)60-57(59-55)62-53-36-16-12-32-49(53)50-33-13-17-37-54(50)62/h1-39H/i1D,2D,3D,4D,5D,6D,7D,8D,9D,10D,11D,12D,13D,14D,15D,16D,17D,18D,19D,20D,21D,22D,23D,24D,25D,26D,27D,28D,29D,30D,31D,32D,33D,34D,35D,36D,37D,38D,39D. The summed E-state index contributed by atoms with van der Waals surface area (Å²) in [6.45, 7) is 0. The van der Waals surface area contributed by atoms with Gasteiger partial charge in [0.1, 0.15) is 0 Å². The van der Waals surface area contributed by atoms with Gasteiger partial charge in [0.15, 0.2) is 13.9 Å². The number of aromatic nitrogens is 5. The first-order chi connectivity index (χ1) is 47.5. The fourth-order valence-corrected chi connectivity index (χ4v) is 10.8. The summed E-state index contributed by atoms with van der Waals surface area (Å²) in [5, 5.41) is -8.26. The second-order valence-electron chi connectivity index (χ2n) is 13.1. The van der Waals surface area contributed by atoms with E-state index in [1.807, 2.05) is 0 Å². The van der Waals surface area contributed by atoms with E-state index in [4.69, 9.17) is 20.6 Å². The van der Waals surface area contributed by atoms with Gasteiger partial charge >= 0.3 is 0 Å². The van der Waals surface area contributed by atoms with Crippen LogP contribution in [0.5, 0.6) is 0 Å². The number of hydrogen-bond donors (Lipinski definition) is 0. The monoisotopic (exact) mass is 861 g/mol. The highest BCUT2D eigenvalue weighted by atomic mass is 28.3. The fraction of sp³-hybridized carbons (Fsp3) is 0. The molecule has 296 valence electrons. The van der Waals surface area contributed by atoms with Crippen LogP contribution in [0.2, 0.25) is 0 Å². The van der Waals surface area contributed by atoms with Gasteiger partial charge in [0.25, 0.3) is 0 Å². The Kier molecular flexibility index (Phi) is 3.45. The van der Waals surface area contributed by atoms with E-state index in [1.54, 1.807) is 0 Å². The maximum absolute atomic E-state index is 10.8. The van der Waals surface area contributed by atoms with Crippen LogP contribution in [0.25, 0.3) is 78.0 Å². The van der Waals surface area contributed by atoms with Crippen molar-refractivity contribution in [1.82, 2.24) is 24.1 Å². The largest absolute Gasteiger partial charge is 0.278 e. The first-order valence-electron chi connectivity index (χ1n) is 37.7. The van der Waals surface area contributed by atoms with Gasteiger partial charge < -0.3 is 0 Å². The Labute approximate surface area is 420 Å². The number of fused-ring (bicyclic) bond motifs is 6. The molecule has 0 radical (unpaired) electrons. The van der Waals surface area contributed by atoms with Gasteiger partial charge in [-0.15, -0.1) is 0 Å². The van der Waals surface area contributed by atoms with Crippen LogP contribution in [0.1, 0.15) is 53.5 Å². The van der Waals surface area contributed by atoms with Crippen molar-refractivity contribution < 1.29 is 53.5 Å². The molecule has 0 amide bonds. The molecule has 63 heavy (non-hydrogen) atoms. The van der Waals surface area contributed by atoms with Gasteiger partial charge in [-0.3, -0.25) is 9.13 Å². The number of para-hydroxylation sites is 4. The Bertz CT molecular complexity index is 5480. The number of nitrogens with zero attached hydrogens (tertiary/aromatic N) is 5. The minimum atomic E-state index is -6.94. The van der Waals surface area contributed by atoms with E-state index in [2.05, 4.69) is 15.0 Å². The van der Waals surface area contributed by atoms with Crippen molar-refractivity contribution in [3.63, 3.8) is 0 Å². The van der Waals surface area contributed by atoms with Crippen LogP contribution in [0.4, 0.5) is 0 Å². The maximum Gasteiger partial charge on any atom is 0.240 e. The van der Waals surface area contributed by atoms with Crippen LogP contribution in [-0.2, 0) is 0 Å². The van der Waals surface area contributed by atoms with Crippen LogP contribution in [0.15, 0.2) is 236 Å². The van der Waals surface area contributed by atoms with Gasteiger partial charge in [-0.25, -0.2) is 0 Å². The smallest absolute Gasteiger partial charge is 0.240 e. The minimum Gasteiger partial charge on any atom is -0.278 e. The molecular weight excluding hydrogens is 783 g/mol. The lowest BCUT2D eigenvalue weighted by molar-refractivity contribution is 0.893. The molecule has 12 aromatic rings. The third-order valence-electron chi connectivity index (χ3n) is 9.80. The maximum atomic E-state index is 10.8. The molecule has 0 aliphatic rings. The van der Waals surface area contributed by atoms with Gasteiger partial charge in [0, 0.05) is 27.1 Å². The Morgan fingerprint density at radius 1 is 0.302 bits per heavy atom. The van der Waals surface area contributed by atoms with Crippen molar-refractivity contribution in [2.24, 2.45) is 0 Å². The zero-order chi connectivity index (χ0) is 75.7. The summed E-state index contributed by atoms with van der Waals surface area (Å²) in [6.07, 6.45) is 0. The summed E-state index contributed by atoms with van der Waals surface area (Å²) in [4.78, 5) is 13.7. The van der Waals surface area contributed by atoms with Crippen LogP contribution >= 0.6 is 0 Å². The number of benzene rings is 9. The quantitative estimate of drug-likeness (QED) is 0.113. The van der Waals surface area contributed by atoms with Crippen LogP contribution in [-0.4, -0.2) is 32.2 Å². The number of rotatable bonds is 8. The second kappa shape index (κ2) is 15.1. The molecule has 0 unspecified atom stereocenters. The fourth-order valence-electron chi connectivity index (χ4n) is 7.21. The molecule has 0 fully saturated rings. The third-order valence-corrected chi connectivity index (χ3v) is 13.8. The SMILES string of the molecule is [2H]c1c([2H])c([2H])c(-c2c([2H])c([2H])c([2H])c([Si](c3c([2H])c([2H])c([2H])c([2H])c3[2H])(c3c([2H])c([2H])c([2H])c([2H])c3[2H])c3c([2H])c([2H])c([2H])c(-c4nc(-n5c6c([2H])c([2H])c([2H])c([2H])c6c6c([2H])c([2H])c([2H])c([2H])c65)nc(-n5c6c([2H])c([2H])c([2H])c([2H])c6c6c([2H])c([2H])c([2H])c([2H])c65)n4)c3[2H])c2[2H])c([2H])c1[2H]. The molecule has 5 nitrogen and oxygen atoms in total. The van der Waals surface area contributed by atoms with Gasteiger partial charge in [-0.1, -0.05) is 211 Å². The van der Waals surface area contributed by atoms with E-state index >= 15 is 0 Å². The Morgan fingerprint density at radius 2 is 0.635 bits per heavy atom. The van der Waals surface area contributed by atoms with Crippen molar-refractivity contribution >= 4 is 72.4 Å². The molecule has 0 aliphatic heterocycles. The highest BCUT2D eigenvalue weighted by Gasteiger charge is 2.42. The summed E-state index contributed by atoms with van der Waals surface area (Å²) in [5.41, 5.74) is -6.83. The average Bonchev–Trinajstić information content (AvgIpc) is 0.892. The van der Waals surface area contributed by atoms with Crippen molar-refractivity contribution in [1.29, 1.82) is 0 Å². The predicted octanol–water partition coefficient (Wildman–Crippen LogP) is 10.8. The second-order valence-corrected chi connectivity index (χ2v) is 16.6. The van der Waals surface area contributed by atoms with E-state index in [0.29, 0.717) is 9.13 Å². The zero-order valence-corrected chi connectivity index (χ0v) is 32.2. The van der Waals surface area contributed by atoms with Crippen LogP contribution < -0.4 is 20.7 Å². The van der Waals surface area contributed by atoms with E-state index in [1.165, 1.54) is 0 Å². The lowest BCUT2D eigenvalue weighted by atomic mass is 10.1. The van der Waals surface area contributed by atoms with Crippen molar-refractivity contribution in [3.05, 3.63) is 236 Å². The molecule has 9 aromatic carbocycles. The Hall–Kier alpha value is -8.19. The van der Waals surface area contributed by atoms with Gasteiger partial charge in [0.2, 0.25) is 11.9 Å². The molecule has 0 saturated heterocycles. The summed E-state index contributed by atoms with van der Waals surface area (Å²) in [7, 11) is -6.94. The molecule has 12 rings (SSSR count). The van der Waals surface area contributed by atoms with Gasteiger partial charge in [0.05, 0.1) is 75.5 Å². The Morgan fingerprint density at radius 3 is 1.08 bits per heavy atom. The molecule has 3 heterocycles. The van der Waals surface area contributed by atoms with E-state index in [9.17, 15) is 32.9 Å². The topological polar surface area (TPSA) is 48.5 Å². The summed E-state index contributed by atoms with van der Waals surface area (Å²) in [5.74, 6) is -3.66. The zero-order valence-electron chi connectivity index (χ0n) is 70.2. The lowest BCUT2D eigenvalue weighted by Crippen LogP contribution is -2.74. The summed E-state index contributed by atoms with van der Waals surface area (Å²) < 4.78 is 363. The molecule has 6 heteroatoms. The summed E-state index contributed by atoms with van der Waals surface area (Å²) >= 11 is 0. The van der Waals surface area contributed by atoms with E-state index < -0.39 is 342 Å². The third kappa shape index (κ3) is 5.95. The van der Waals surface area contributed by atoms with E-state index in [-0.39, 0.29) is 0 Å². The highest BCUT2D eigenvalue weighted by molar-refractivity contribution is 7.20. The molecule has 3 aromatic heterocycles. The Balaban J connectivity index is 1.43. The van der Waals surface area contributed by atoms with Crippen LogP contribution in [0.3, 0.4) is 0 Å². The molecule has 0 N–H and O–H groups in total. The van der Waals surface area contributed by atoms with Crippen LogP contribution in [0, 0.1) is 0 Å². The van der Waals surface area contributed by atoms with E-state index in [0.717, 1.165) is 0 Å². The lowest BCUT2D eigenvalue weighted by Gasteiger charge is -2.35. The average molecular weight is 861 g/mol. The molecule has 0 aliphatic carbocycles. The van der Waals surface area contributed by atoms with Gasteiger partial charge in [-0.2, -0.15) is 15.0 Å². The summed E-state index contributed by atoms with van der Waals surface area (Å²) in [6, 6.07) is -47.4. The molecule has 0 bridgehead atoms. The molecule has 0 atom stereocenters. The van der Waals surface area contributed by atoms with Crippen molar-refractivity contribution in [2.45, 2.75) is 0 Å². The van der Waals surface area contributed by atoms with Crippen molar-refractivity contribution in [2.75, 3.05) is 0 Å². The predicted molar refractivity (Wildman–Crippen MR) is 263 cm³/mol. The normalized spacial score (nSPS) is 20.5.